The highest BCUT2D eigenvalue weighted by Gasteiger charge is 2.19. The third kappa shape index (κ3) is 4.36. The Morgan fingerprint density at radius 1 is 0.808 bits per heavy atom. The van der Waals surface area contributed by atoms with Crippen molar-refractivity contribution in [3.8, 4) is 0 Å². The van der Waals surface area contributed by atoms with Crippen LogP contribution in [0.15, 0.2) is 30.9 Å². The molecule has 1 aliphatic carbocycles. The van der Waals surface area contributed by atoms with Gasteiger partial charge in [-0.2, -0.15) is 0 Å². The lowest BCUT2D eigenvalue weighted by molar-refractivity contribution is 0.284. The predicted octanol–water partition coefficient (Wildman–Crippen LogP) is 3.03. The van der Waals surface area contributed by atoms with Gasteiger partial charge in [0, 0.05) is 69.0 Å². The molecule has 0 bridgehead atoms. The maximum atomic E-state index is 4.69. The largest absolute Gasteiger partial charge is 0.339 e. The Labute approximate surface area is 155 Å². The van der Waals surface area contributed by atoms with Crippen molar-refractivity contribution in [2.75, 3.05) is 31.1 Å². The molecule has 0 aromatic carbocycles. The standard InChI is InChI=1S/C20H28N6/c1-2-6-18(7-3-1)19-23-14-17(15-24-19)16-25-10-5-11-26(13-12-25)20-21-8-4-9-22-20/h4,8-9,14-15,18H,1-3,5-7,10-13,16H2. The number of anilines is 1. The maximum absolute atomic E-state index is 4.69. The molecule has 1 saturated carbocycles. The average Bonchev–Trinajstić information content (AvgIpc) is 2.96. The smallest absolute Gasteiger partial charge is 0.225 e. The second-order valence-corrected chi connectivity index (χ2v) is 7.45. The average molecular weight is 352 g/mol. The van der Waals surface area contributed by atoms with Crippen LogP contribution < -0.4 is 4.90 Å². The first-order chi connectivity index (χ1) is 12.9. The van der Waals surface area contributed by atoms with E-state index in [4.69, 9.17) is 0 Å². The van der Waals surface area contributed by atoms with Crippen LogP contribution >= 0.6 is 0 Å². The van der Waals surface area contributed by atoms with Gasteiger partial charge < -0.3 is 4.90 Å². The third-order valence-electron chi connectivity index (χ3n) is 5.53. The molecule has 0 N–H and O–H groups in total. The van der Waals surface area contributed by atoms with E-state index < -0.39 is 0 Å². The topological polar surface area (TPSA) is 58.0 Å². The zero-order valence-corrected chi connectivity index (χ0v) is 15.4. The van der Waals surface area contributed by atoms with Gasteiger partial charge in [-0.1, -0.05) is 19.3 Å². The third-order valence-corrected chi connectivity index (χ3v) is 5.53. The highest BCUT2D eigenvalue weighted by molar-refractivity contribution is 5.28. The predicted molar refractivity (Wildman–Crippen MR) is 102 cm³/mol. The van der Waals surface area contributed by atoms with Crippen LogP contribution in [0.1, 0.15) is 55.8 Å². The Hall–Kier alpha value is -2.08. The molecule has 2 aromatic rings. The van der Waals surface area contributed by atoms with Crippen molar-refractivity contribution in [2.45, 2.75) is 51.0 Å². The van der Waals surface area contributed by atoms with Gasteiger partial charge >= 0.3 is 0 Å². The van der Waals surface area contributed by atoms with Crippen molar-refractivity contribution in [1.29, 1.82) is 0 Å². The molecule has 1 aliphatic heterocycles. The van der Waals surface area contributed by atoms with Gasteiger partial charge in [0.1, 0.15) is 5.82 Å². The number of hydrogen-bond donors (Lipinski definition) is 0. The van der Waals surface area contributed by atoms with E-state index in [1.807, 2.05) is 30.9 Å². The molecule has 2 fully saturated rings. The normalized spacial score (nSPS) is 20.1. The van der Waals surface area contributed by atoms with Crippen LogP contribution in [-0.2, 0) is 6.54 Å². The van der Waals surface area contributed by atoms with E-state index >= 15 is 0 Å². The molecule has 0 unspecified atom stereocenters. The molecular weight excluding hydrogens is 324 g/mol. The first-order valence-electron chi connectivity index (χ1n) is 9.93. The monoisotopic (exact) mass is 352 g/mol. The van der Waals surface area contributed by atoms with Crippen LogP contribution in [0.5, 0.6) is 0 Å². The molecule has 6 nitrogen and oxygen atoms in total. The van der Waals surface area contributed by atoms with Gasteiger partial charge in [-0.25, -0.2) is 19.9 Å². The number of hydrogen-bond acceptors (Lipinski definition) is 6. The van der Waals surface area contributed by atoms with Crippen molar-refractivity contribution >= 4 is 5.95 Å². The zero-order valence-electron chi connectivity index (χ0n) is 15.4. The molecule has 26 heavy (non-hydrogen) atoms. The van der Waals surface area contributed by atoms with Gasteiger partial charge in [0.15, 0.2) is 0 Å². The molecule has 0 atom stereocenters. The van der Waals surface area contributed by atoms with Crippen LogP contribution in [0.25, 0.3) is 0 Å². The Kier molecular flexibility index (Phi) is 5.69. The summed E-state index contributed by atoms with van der Waals surface area (Å²) in [6, 6.07) is 1.87. The fourth-order valence-electron chi connectivity index (χ4n) is 4.06. The minimum Gasteiger partial charge on any atom is -0.339 e. The van der Waals surface area contributed by atoms with Gasteiger partial charge in [-0.15, -0.1) is 0 Å². The Balaban J connectivity index is 1.32. The minimum absolute atomic E-state index is 0.579. The summed E-state index contributed by atoms with van der Waals surface area (Å²) in [6.45, 7) is 5.01. The number of aromatic nitrogens is 4. The highest BCUT2D eigenvalue weighted by atomic mass is 15.3. The summed E-state index contributed by atoms with van der Waals surface area (Å²) in [5, 5.41) is 0. The van der Waals surface area contributed by atoms with E-state index in [0.29, 0.717) is 5.92 Å². The molecule has 138 valence electrons. The molecule has 6 heteroatoms. The van der Waals surface area contributed by atoms with Crippen molar-refractivity contribution in [1.82, 2.24) is 24.8 Å². The van der Waals surface area contributed by atoms with Crippen LogP contribution in [-0.4, -0.2) is 51.0 Å². The van der Waals surface area contributed by atoms with Crippen molar-refractivity contribution in [3.63, 3.8) is 0 Å². The Morgan fingerprint density at radius 3 is 2.35 bits per heavy atom. The van der Waals surface area contributed by atoms with E-state index in [9.17, 15) is 0 Å². The summed E-state index contributed by atoms with van der Waals surface area (Å²) < 4.78 is 0. The van der Waals surface area contributed by atoms with Crippen LogP contribution in [0.3, 0.4) is 0 Å². The molecule has 2 aliphatic rings. The summed E-state index contributed by atoms with van der Waals surface area (Å²) in [7, 11) is 0. The molecule has 0 radical (unpaired) electrons. The van der Waals surface area contributed by atoms with Gasteiger partial charge in [0.05, 0.1) is 0 Å². The van der Waals surface area contributed by atoms with Crippen molar-refractivity contribution in [3.05, 3.63) is 42.2 Å². The van der Waals surface area contributed by atoms with E-state index in [-0.39, 0.29) is 0 Å². The molecule has 1 saturated heterocycles. The maximum Gasteiger partial charge on any atom is 0.225 e. The summed E-state index contributed by atoms with van der Waals surface area (Å²) in [4.78, 5) is 22.9. The van der Waals surface area contributed by atoms with E-state index in [2.05, 4.69) is 29.7 Å². The molecule has 0 amide bonds. The first-order valence-corrected chi connectivity index (χ1v) is 9.93. The van der Waals surface area contributed by atoms with Crippen molar-refractivity contribution < 1.29 is 0 Å². The van der Waals surface area contributed by atoms with Gasteiger partial charge in [0.2, 0.25) is 5.95 Å². The quantitative estimate of drug-likeness (QED) is 0.843. The summed E-state index contributed by atoms with van der Waals surface area (Å²) in [5.41, 5.74) is 1.22. The summed E-state index contributed by atoms with van der Waals surface area (Å²) in [6.07, 6.45) is 15.4. The molecule has 4 rings (SSSR count). The van der Waals surface area contributed by atoms with Gasteiger partial charge in [-0.3, -0.25) is 4.90 Å². The van der Waals surface area contributed by atoms with E-state index in [1.165, 1.54) is 37.7 Å². The second kappa shape index (κ2) is 8.54. The summed E-state index contributed by atoms with van der Waals surface area (Å²) in [5.74, 6) is 2.47. The Bertz CT molecular complexity index is 668. The van der Waals surface area contributed by atoms with Gasteiger partial charge in [0.25, 0.3) is 0 Å². The van der Waals surface area contributed by atoms with E-state index in [0.717, 1.165) is 50.9 Å². The lowest BCUT2D eigenvalue weighted by Crippen LogP contribution is -2.31. The lowest BCUT2D eigenvalue weighted by Gasteiger charge is -2.22. The summed E-state index contributed by atoms with van der Waals surface area (Å²) >= 11 is 0. The van der Waals surface area contributed by atoms with Crippen molar-refractivity contribution in [2.24, 2.45) is 0 Å². The zero-order chi connectivity index (χ0) is 17.6. The molecule has 2 aromatic heterocycles. The lowest BCUT2D eigenvalue weighted by atomic mass is 9.89. The fraction of sp³-hybridized carbons (Fsp3) is 0.600. The number of rotatable bonds is 4. The first kappa shape index (κ1) is 17.3. The van der Waals surface area contributed by atoms with Crippen LogP contribution in [0.4, 0.5) is 5.95 Å². The van der Waals surface area contributed by atoms with Gasteiger partial charge in [-0.05, 0) is 25.3 Å². The second-order valence-electron chi connectivity index (χ2n) is 7.45. The molecular formula is C20H28N6. The van der Waals surface area contributed by atoms with Crippen LogP contribution in [0.2, 0.25) is 0 Å². The Morgan fingerprint density at radius 2 is 1.58 bits per heavy atom. The fourth-order valence-corrected chi connectivity index (χ4v) is 4.06. The van der Waals surface area contributed by atoms with Crippen LogP contribution in [0, 0.1) is 0 Å². The minimum atomic E-state index is 0.579. The number of nitrogens with zero attached hydrogens (tertiary/aromatic N) is 6. The molecule has 3 heterocycles. The van der Waals surface area contributed by atoms with E-state index in [1.54, 1.807) is 0 Å². The highest BCUT2D eigenvalue weighted by Crippen LogP contribution is 2.30. The SMILES string of the molecule is c1cnc(N2CCCN(Cc3cnc(C4CCCCC4)nc3)CC2)nc1. The molecule has 0 spiro atoms.